The smallest absolute Gasteiger partial charge is 0.316 e. The largest absolute Gasteiger partial charge is 0.327 e. The van der Waals surface area contributed by atoms with Gasteiger partial charge in [0.2, 0.25) is 5.91 Å². The Balaban J connectivity index is 1.67. The molecule has 3 amide bonds. The van der Waals surface area contributed by atoms with E-state index in [1.165, 1.54) is 13.1 Å². The third-order valence-electron chi connectivity index (χ3n) is 3.88. The second kappa shape index (κ2) is 7.52. The third-order valence-corrected chi connectivity index (χ3v) is 4.35. The molecule has 8 nitrogen and oxygen atoms in total. The zero-order valence-electron chi connectivity index (χ0n) is 13.9. The first-order valence-electron chi connectivity index (χ1n) is 7.84. The van der Waals surface area contributed by atoms with Crippen molar-refractivity contribution in [3.05, 3.63) is 46.7 Å². The molecule has 0 unspecified atom stereocenters. The first-order chi connectivity index (χ1) is 12.5. The summed E-state index contributed by atoms with van der Waals surface area (Å²) in [5.74, 6) is -1.82. The van der Waals surface area contributed by atoms with E-state index >= 15 is 0 Å². The Hall–Kier alpha value is -2.94. The molecule has 0 spiro atoms. The highest BCUT2D eigenvalue weighted by Gasteiger charge is 2.26. The summed E-state index contributed by atoms with van der Waals surface area (Å²) in [7, 11) is 0. The van der Waals surface area contributed by atoms with Crippen molar-refractivity contribution in [1.29, 1.82) is 0 Å². The van der Waals surface area contributed by atoms with Crippen LogP contribution in [-0.2, 0) is 20.8 Å². The molecule has 26 heavy (non-hydrogen) atoms. The number of fused-ring (bicyclic) bond motifs is 1. The topological polar surface area (TPSA) is 103 Å². The van der Waals surface area contributed by atoms with Crippen molar-refractivity contribution >= 4 is 50.7 Å². The minimum Gasteiger partial charge on any atom is -0.316 e. The minimum absolute atomic E-state index is 0.112. The van der Waals surface area contributed by atoms with Crippen LogP contribution in [0.3, 0.4) is 0 Å². The average Bonchev–Trinajstić information content (AvgIpc) is 3.06. The molecule has 0 atom stereocenters. The molecule has 0 bridgehead atoms. The summed E-state index contributed by atoms with van der Waals surface area (Å²) in [6, 6.07) is 8.72. The van der Waals surface area contributed by atoms with Crippen LogP contribution in [0.15, 0.2) is 41.1 Å². The first-order valence-corrected chi connectivity index (χ1v) is 8.64. The van der Waals surface area contributed by atoms with Crippen molar-refractivity contribution in [1.82, 2.24) is 10.4 Å². The number of hydrogen-bond acceptors (Lipinski definition) is 5. The van der Waals surface area contributed by atoms with Gasteiger partial charge in [0, 0.05) is 13.5 Å². The van der Waals surface area contributed by atoms with Crippen LogP contribution in [0.25, 0.3) is 0 Å². The van der Waals surface area contributed by atoms with Crippen LogP contribution in [0.1, 0.15) is 12.5 Å². The van der Waals surface area contributed by atoms with Gasteiger partial charge in [0.1, 0.15) is 4.60 Å². The molecule has 0 radical (unpaired) electrons. The Kier molecular flexibility index (Phi) is 5.17. The first kappa shape index (κ1) is 17.9. The van der Waals surface area contributed by atoms with E-state index in [0.29, 0.717) is 34.6 Å². The van der Waals surface area contributed by atoms with Gasteiger partial charge >= 0.3 is 11.8 Å². The molecule has 2 heterocycles. The quantitative estimate of drug-likeness (QED) is 0.401. The number of aromatic nitrogens is 1. The van der Waals surface area contributed by atoms with Crippen LogP contribution in [0.5, 0.6) is 0 Å². The fourth-order valence-corrected chi connectivity index (χ4v) is 2.92. The second-order valence-corrected chi connectivity index (χ2v) is 6.45. The predicted octanol–water partition coefficient (Wildman–Crippen LogP) is 1.83. The van der Waals surface area contributed by atoms with Crippen LogP contribution in [0.4, 0.5) is 17.1 Å². The molecule has 0 fully saturated rings. The molecule has 3 N–H and O–H groups in total. The molecule has 9 heteroatoms. The number of halogens is 1. The van der Waals surface area contributed by atoms with Gasteiger partial charge < -0.3 is 10.2 Å². The fraction of sp³-hybridized carbons (Fsp3) is 0.176. The number of nitrogens with zero attached hydrogens (tertiary/aromatic N) is 2. The number of rotatable bonds is 3. The summed E-state index contributed by atoms with van der Waals surface area (Å²) in [6.45, 7) is 2.03. The van der Waals surface area contributed by atoms with Gasteiger partial charge in [0.05, 0.1) is 23.3 Å². The highest BCUT2D eigenvalue weighted by molar-refractivity contribution is 9.10. The number of anilines is 3. The van der Waals surface area contributed by atoms with E-state index in [-0.39, 0.29) is 5.91 Å². The van der Waals surface area contributed by atoms with Crippen LogP contribution in [-0.4, -0.2) is 29.3 Å². The summed E-state index contributed by atoms with van der Waals surface area (Å²) < 4.78 is 0.653. The predicted molar refractivity (Wildman–Crippen MR) is 101 cm³/mol. The third kappa shape index (κ3) is 3.83. The van der Waals surface area contributed by atoms with Gasteiger partial charge in [-0.25, -0.2) is 4.98 Å². The SMILES string of the molecule is CC(=O)N1CCc2cccc(NC(=O)C(=O)NNc3ccc(Br)nc3)c21. The average molecular weight is 418 g/mol. The lowest BCUT2D eigenvalue weighted by molar-refractivity contribution is -0.135. The number of pyridine rings is 1. The van der Waals surface area contributed by atoms with E-state index in [4.69, 9.17) is 0 Å². The maximum Gasteiger partial charge on any atom is 0.327 e. The van der Waals surface area contributed by atoms with Gasteiger partial charge in [-0.05, 0) is 46.1 Å². The Labute approximate surface area is 158 Å². The van der Waals surface area contributed by atoms with Gasteiger partial charge in [-0.2, -0.15) is 0 Å². The molecular weight excluding hydrogens is 402 g/mol. The maximum absolute atomic E-state index is 12.2. The molecule has 1 aromatic carbocycles. The van der Waals surface area contributed by atoms with Gasteiger partial charge in [-0.15, -0.1) is 0 Å². The molecular formula is C17H16BrN5O3. The fourth-order valence-electron chi connectivity index (χ4n) is 2.69. The summed E-state index contributed by atoms with van der Waals surface area (Å²) in [4.78, 5) is 41.6. The second-order valence-electron chi connectivity index (χ2n) is 5.64. The zero-order chi connectivity index (χ0) is 18.7. The lowest BCUT2D eigenvalue weighted by Gasteiger charge is -2.19. The summed E-state index contributed by atoms with van der Waals surface area (Å²) in [5, 5.41) is 2.56. The molecule has 0 saturated carbocycles. The highest BCUT2D eigenvalue weighted by Crippen LogP contribution is 2.35. The zero-order valence-corrected chi connectivity index (χ0v) is 15.5. The number of carbonyl (C=O) groups excluding carboxylic acids is 3. The van der Waals surface area contributed by atoms with E-state index < -0.39 is 11.8 Å². The Morgan fingerprint density at radius 3 is 2.65 bits per heavy atom. The molecule has 3 rings (SSSR count). The van der Waals surface area contributed by atoms with Crippen molar-refractivity contribution in [2.75, 3.05) is 22.2 Å². The number of hydrogen-bond donors (Lipinski definition) is 3. The summed E-state index contributed by atoms with van der Waals surface area (Å²) in [6.07, 6.45) is 2.21. The lowest BCUT2D eigenvalue weighted by Crippen LogP contribution is -2.39. The van der Waals surface area contributed by atoms with E-state index in [9.17, 15) is 14.4 Å². The van der Waals surface area contributed by atoms with Gasteiger partial charge in [0.25, 0.3) is 0 Å². The van der Waals surface area contributed by atoms with Crippen molar-refractivity contribution in [3.8, 4) is 0 Å². The van der Waals surface area contributed by atoms with Gasteiger partial charge in [-0.3, -0.25) is 25.2 Å². The minimum atomic E-state index is -0.863. The molecule has 0 saturated heterocycles. The van der Waals surface area contributed by atoms with Crippen molar-refractivity contribution < 1.29 is 14.4 Å². The number of amides is 3. The van der Waals surface area contributed by atoms with E-state index in [1.807, 2.05) is 6.07 Å². The molecule has 134 valence electrons. The molecule has 2 aromatic rings. The molecule has 1 aliphatic rings. The number of carbonyl (C=O) groups is 3. The Bertz CT molecular complexity index is 869. The standard InChI is InChI=1S/C17H16BrN5O3/c1-10(24)23-8-7-11-3-2-4-13(15(11)23)20-16(25)17(26)22-21-12-5-6-14(18)19-9-12/h2-6,9,21H,7-8H2,1H3,(H,20,25)(H,22,26). The number of hydrazine groups is 1. The van der Waals surface area contributed by atoms with Crippen molar-refractivity contribution in [2.24, 2.45) is 0 Å². The summed E-state index contributed by atoms with van der Waals surface area (Å²) >= 11 is 3.21. The van der Waals surface area contributed by atoms with E-state index in [2.05, 4.69) is 37.1 Å². The van der Waals surface area contributed by atoms with Crippen LogP contribution >= 0.6 is 15.9 Å². The van der Waals surface area contributed by atoms with Crippen molar-refractivity contribution in [3.63, 3.8) is 0 Å². The summed E-state index contributed by atoms with van der Waals surface area (Å²) in [5.41, 5.74) is 7.47. The molecule has 0 aliphatic carbocycles. The van der Waals surface area contributed by atoms with Crippen LogP contribution < -0.4 is 21.1 Å². The highest BCUT2D eigenvalue weighted by atomic mass is 79.9. The lowest BCUT2D eigenvalue weighted by atomic mass is 10.1. The van der Waals surface area contributed by atoms with Crippen LogP contribution in [0.2, 0.25) is 0 Å². The molecule has 1 aromatic heterocycles. The number of benzene rings is 1. The maximum atomic E-state index is 12.2. The number of nitrogens with one attached hydrogen (secondary N) is 3. The van der Waals surface area contributed by atoms with Gasteiger partial charge in [0.15, 0.2) is 0 Å². The van der Waals surface area contributed by atoms with Gasteiger partial charge in [-0.1, -0.05) is 12.1 Å². The Morgan fingerprint density at radius 2 is 1.96 bits per heavy atom. The number of para-hydroxylation sites is 1. The van der Waals surface area contributed by atoms with Crippen molar-refractivity contribution in [2.45, 2.75) is 13.3 Å². The van der Waals surface area contributed by atoms with E-state index in [1.54, 1.807) is 29.2 Å². The molecule has 1 aliphatic heterocycles. The van der Waals surface area contributed by atoms with E-state index in [0.717, 1.165) is 5.56 Å². The Morgan fingerprint density at radius 1 is 1.15 bits per heavy atom. The monoisotopic (exact) mass is 417 g/mol. The van der Waals surface area contributed by atoms with Crippen LogP contribution in [0, 0.1) is 0 Å². The normalized spacial score (nSPS) is 12.3.